The minimum atomic E-state index is -0.324. The second kappa shape index (κ2) is 6.17. The van der Waals surface area contributed by atoms with Crippen molar-refractivity contribution in [1.29, 1.82) is 0 Å². The van der Waals surface area contributed by atoms with Crippen molar-refractivity contribution in [3.05, 3.63) is 54.1 Å². The third kappa shape index (κ3) is 4.06. The molecule has 0 aromatic heterocycles. The van der Waals surface area contributed by atoms with Crippen LogP contribution in [0.4, 0.5) is 0 Å². The van der Waals surface area contributed by atoms with Crippen LogP contribution in [0.2, 0.25) is 0 Å². The van der Waals surface area contributed by atoms with Gasteiger partial charge in [0.05, 0.1) is 6.10 Å². The van der Waals surface area contributed by atoms with E-state index in [2.05, 4.69) is 0 Å². The van der Waals surface area contributed by atoms with E-state index in [1.165, 1.54) is 5.56 Å². The minimum absolute atomic E-state index is 0.324. The van der Waals surface area contributed by atoms with E-state index in [1.54, 1.807) is 6.08 Å². The Morgan fingerprint density at radius 3 is 2.57 bits per heavy atom. The number of aliphatic hydroxyl groups excluding tert-OH is 1. The van der Waals surface area contributed by atoms with Crippen LogP contribution in [0.3, 0.4) is 0 Å². The number of rotatable bonds is 4. The van der Waals surface area contributed by atoms with Gasteiger partial charge in [-0.2, -0.15) is 0 Å². The van der Waals surface area contributed by atoms with Gasteiger partial charge in [0.15, 0.2) is 0 Å². The largest absolute Gasteiger partial charge is 0.389 e. The molecular formula is C13H16O. The van der Waals surface area contributed by atoms with Crippen molar-refractivity contribution in [2.75, 3.05) is 0 Å². The molecule has 0 fully saturated rings. The van der Waals surface area contributed by atoms with E-state index < -0.39 is 0 Å². The van der Waals surface area contributed by atoms with Gasteiger partial charge in [-0.15, -0.1) is 0 Å². The summed E-state index contributed by atoms with van der Waals surface area (Å²) in [5.41, 5.74) is 1.17. The Morgan fingerprint density at radius 1 is 1.21 bits per heavy atom. The quantitative estimate of drug-likeness (QED) is 0.720. The van der Waals surface area contributed by atoms with E-state index in [0.717, 1.165) is 6.42 Å². The molecule has 0 aliphatic rings. The monoisotopic (exact) mass is 188 g/mol. The topological polar surface area (TPSA) is 20.2 Å². The molecule has 74 valence electrons. The van der Waals surface area contributed by atoms with Crippen LogP contribution < -0.4 is 0 Å². The lowest BCUT2D eigenvalue weighted by Crippen LogP contribution is -1.97. The van der Waals surface area contributed by atoms with Crippen molar-refractivity contribution in [2.24, 2.45) is 0 Å². The van der Waals surface area contributed by atoms with E-state index in [9.17, 15) is 5.11 Å². The van der Waals surface area contributed by atoms with E-state index in [1.807, 2.05) is 55.5 Å². The van der Waals surface area contributed by atoms with Gasteiger partial charge in [0.25, 0.3) is 0 Å². The molecule has 1 nitrogen and oxygen atoms in total. The summed E-state index contributed by atoms with van der Waals surface area (Å²) in [6.45, 7) is 1.95. The maximum Gasteiger partial charge on any atom is 0.0721 e. The zero-order chi connectivity index (χ0) is 10.2. The van der Waals surface area contributed by atoms with Gasteiger partial charge in [-0.25, -0.2) is 0 Å². The van der Waals surface area contributed by atoms with Crippen LogP contribution in [0.25, 0.3) is 6.08 Å². The highest BCUT2D eigenvalue weighted by atomic mass is 16.3. The van der Waals surface area contributed by atoms with Crippen LogP contribution in [0.5, 0.6) is 0 Å². The highest BCUT2D eigenvalue weighted by Crippen LogP contribution is 2.01. The van der Waals surface area contributed by atoms with Crippen molar-refractivity contribution in [1.82, 2.24) is 0 Å². The van der Waals surface area contributed by atoms with Crippen molar-refractivity contribution in [2.45, 2.75) is 19.4 Å². The predicted octanol–water partition coefficient (Wildman–Crippen LogP) is 3.03. The summed E-state index contributed by atoms with van der Waals surface area (Å²) in [5.74, 6) is 0. The molecule has 0 spiro atoms. The first-order valence-electron chi connectivity index (χ1n) is 4.91. The third-order valence-electron chi connectivity index (χ3n) is 1.95. The Kier molecular flexibility index (Phi) is 4.73. The van der Waals surface area contributed by atoms with Gasteiger partial charge in [-0.3, -0.25) is 0 Å². The number of aliphatic hydroxyl groups is 1. The molecule has 0 heterocycles. The van der Waals surface area contributed by atoms with Crippen molar-refractivity contribution in [3.8, 4) is 0 Å². The van der Waals surface area contributed by atoms with E-state index >= 15 is 0 Å². The lowest BCUT2D eigenvalue weighted by molar-refractivity contribution is 0.219. The molecule has 1 N–H and O–H groups in total. The molecule has 0 saturated carbocycles. The van der Waals surface area contributed by atoms with E-state index in [-0.39, 0.29) is 6.10 Å². The third-order valence-corrected chi connectivity index (χ3v) is 1.95. The Balaban J connectivity index is 2.45. The fourth-order valence-electron chi connectivity index (χ4n) is 1.06. The van der Waals surface area contributed by atoms with Crippen LogP contribution >= 0.6 is 0 Å². The fraction of sp³-hybridized carbons (Fsp3) is 0.231. The highest BCUT2D eigenvalue weighted by Gasteiger charge is 1.89. The van der Waals surface area contributed by atoms with Gasteiger partial charge < -0.3 is 5.11 Å². The van der Waals surface area contributed by atoms with E-state index in [0.29, 0.717) is 0 Å². The Bertz CT molecular complexity index is 298. The minimum Gasteiger partial charge on any atom is -0.389 e. The summed E-state index contributed by atoms with van der Waals surface area (Å²) >= 11 is 0. The van der Waals surface area contributed by atoms with Crippen molar-refractivity contribution < 1.29 is 5.11 Å². The van der Waals surface area contributed by atoms with Crippen LogP contribution in [0, 0.1) is 0 Å². The Hall–Kier alpha value is -1.34. The summed E-state index contributed by atoms with van der Waals surface area (Å²) in [7, 11) is 0. The van der Waals surface area contributed by atoms with Gasteiger partial charge in [-0.1, -0.05) is 61.6 Å². The Labute approximate surface area is 85.4 Å². The molecule has 0 aliphatic carbocycles. The summed E-state index contributed by atoms with van der Waals surface area (Å²) in [6.07, 6.45) is 8.05. The van der Waals surface area contributed by atoms with E-state index in [4.69, 9.17) is 0 Å². The van der Waals surface area contributed by atoms with Gasteiger partial charge in [-0.05, 0) is 12.0 Å². The lowest BCUT2D eigenvalue weighted by atomic mass is 10.2. The first-order chi connectivity index (χ1) is 6.83. The first kappa shape index (κ1) is 10.7. The van der Waals surface area contributed by atoms with Gasteiger partial charge in [0, 0.05) is 0 Å². The zero-order valence-corrected chi connectivity index (χ0v) is 8.43. The average molecular weight is 188 g/mol. The van der Waals surface area contributed by atoms with Crippen molar-refractivity contribution in [3.63, 3.8) is 0 Å². The van der Waals surface area contributed by atoms with Crippen LogP contribution in [0.15, 0.2) is 48.6 Å². The fourth-order valence-corrected chi connectivity index (χ4v) is 1.06. The summed E-state index contributed by atoms with van der Waals surface area (Å²) in [6, 6.07) is 10.1. The summed E-state index contributed by atoms with van der Waals surface area (Å²) in [4.78, 5) is 0. The predicted molar refractivity (Wildman–Crippen MR) is 60.9 cm³/mol. The van der Waals surface area contributed by atoms with Gasteiger partial charge in [0.2, 0.25) is 0 Å². The molecule has 1 atom stereocenters. The maximum absolute atomic E-state index is 9.23. The Morgan fingerprint density at radius 2 is 1.93 bits per heavy atom. The average Bonchev–Trinajstić information content (AvgIpc) is 2.25. The molecule has 0 bridgehead atoms. The number of hydrogen-bond donors (Lipinski definition) is 1. The number of allylic oxidation sites excluding steroid dienone is 2. The molecular weight excluding hydrogens is 172 g/mol. The van der Waals surface area contributed by atoms with Crippen molar-refractivity contribution >= 4 is 6.08 Å². The molecule has 14 heavy (non-hydrogen) atoms. The maximum atomic E-state index is 9.23. The second-order valence-corrected chi connectivity index (χ2v) is 3.13. The van der Waals surface area contributed by atoms with Crippen LogP contribution in [0.1, 0.15) is 18.9 Å². The molecule has 1 rings (SSSR count). The first-order valence-corrected chi connectivity index (χ1v) is 4.91. The van der Waals surface area contributed by atoms with Crippen LogP contribution in [-0.4, -0.2) is 11.2 Å². The molecule has 1 aromatic rings. The summed E-state index contributed by atoms with van der Waals surface area (Å²) < 4.78 is 0. The molecule has 1 aromatic carbocycles. The second-order valence-electron chi connectivity index (χ2n) is 3.13. The number of benzene rings is 1. The molecule has 0 saturated heterocycles. The molecule has 0 aliphatic heterocycles. The highest BCUT2D eigenvalue weighted by molar-refractivity contribution is 5.50. The van der Waals surface area contributed by atoms with Crippen LogP contribution in [-0.2, 0) is 0 Å². The smallest absolute Gasteiger partial charge is 0.0721 e. The summed E-state index contributed by atoms with van der Waals surface area (Å²) in [5, 5.41) is 9.23. The lowest BCUT2D eigenvalue weighted by Gasteiger charge is -1.96. The number of hydrogen-bond acceptors (Lipinski definition) is 1. The molecule has 1 heteroatoms. The SMILES string of the molecule is CCC(O)/C=C/C=C/c1ccccc1. The van der Waals surface area contributed by atoms with Gasteiger partial charge >= 0.3 is 0 Å². The standard InChI is InChI=1S/C13H16O/c1-2-13(14)11-7-6-10-12-8-4-3-5-9-12/h3-11,13-14H,2H2,1H3/b10-6+,11-7+. The zero-order valence-electron chi connectivity index (χ0n) is 8.43. The molecule has 0 amide bonds. The van der Waals surface area contributed by atoms with Gasteiger partial charge in [0.1, 0.15) is 0 Å². The molecule has 0 radical (unpaired) electrons. The normalized spacial score (nSPS) is 13.9. The molecule has 1 unspecified atom stereocenters.